The van der Waals surface area contributed by atoms with Crippen LogP contribution in [-0.2, 0) is 9.53 Å². The van der Waals surface area contributed by atoms with Gasteiger partial charge in [-0.05, 0) is 71.9 Å². The molecule has 0 fully saturated rings. The predicted molar refractivity (Wildman–Crippen MR) is 160 cm³/mol. The van der Waals surface area contributed by atoms with E-state index in [9.17, 15) is 14.7 Å². The Labute approximate surface area is 241 Å². The van der Waals surface area contributed by atoms with Crippen molar-refractivity contribution in [2.75, 3.05) is 19.1 Å². The minimum Gasteiger partial charge on any atom is -0.480 e. The molecular weight excluding hydrogens is 552 g/mol. The number of hydrogen-bond acceptors (Lipinski definition) is 6. The van der Waals surface area contributed by atoms with Crippen molar-refractivity contribution in [3.05, 3.63) is 99.5 Å². The van der Waals surface area contributed by atoms with Crippen LogP contribution in [0.4, 0.5) is 0 Å². The summed E-state index contributed by atoms with van der Waals surface area (Å²) in [7, 11) is 1.64. The number of hydrogen-bond donors (Lipinski definition) is 2. The van der Waals surface area contributed by atoms with Gasteiger partial charge in [-0.3, -0.25) is 4.79 Å². The summed E-state index contributed by atoms with van der Waals surface area (Å²) in [4.78, 5) is 30.7. The second kappa shape index (κ2) is 13.3. The van der Waals surface area contributed by atoms with E-state index in [4.69, 9.17) is 16.3 Å². The van der Waals surface area contributed by atoms with Gasteiger partial charge in [0, 0.05) is 29.5 Å². The topological polar surface area (TPSA) is 88.5 Å². The van der Waals surface area contributed by atoms with Crippen molar-refractivity contribution < 1.29 is 19.4 Å². The minimum atomic E-state index is -1.05. The number of rotatable bonds is 11. The van der Waals surface area contributed by atoms with Gasteiger partial charge in [0.25, 0.3) is 5.91 Å². The Kier molecular flexibility index (Phi) is 9.80. The molecule has 2 unspecified atom stereocenters. The molecule has 1 heterocycles. The van der Waals surface area contributed by atoms with E-state index in [-0.39, 0.29) is 0 Å². The summed E-state index contributed by atoms with van der Waals surface area (Å²) in [6.45, 7) is 1.98. The molecule has 0 radical (unpaired) electrons. The first-order chi connectivity index (χ1) is 18.8. The molecule has 0 spiro atoms. The van der Waals surface area contributed by atoms with Crippen LogP contribution in [0.3, 0.4) is 0 Å². The highest BCUT2D eigenvalue weighted by molar-refractivity contribution is 7.98. The van der Waals surface area contributed by atoms with E-state index < -0.39 is 24.0 Å². The maximum Gasteiger partial charge on any atom is 0.326 e. The molecule has 2 atom stereocenters. The summed E-state index contributed by atoms with van der Waals surface area (Å²) in [6, 6.07) is 19.9. The van der Waals surface area contributed by atoms with Gasteiger partial charge in [0.05, 0.1) is 4.88 Å². The van der Waals surface area contributed by atoms with E-state index >= 15 is 0 Å². The number of aryl methyl sites for hydroxylation is 1. The molecule has 3 aromatic carbocycles. The van der Waals surface area contributed by atoms with Crippen molar-refractivity contribution in [1.82, 2.24) is 10.3 Å². The third-order valence-corrected chi connectivity index (χ3v) is 8.33. The third kappa shape index (κ3) is 6.89. The Balaban J connectivity index is 1.72. The van der Waals surface area contributed by atoms with Crippen LogP contribution < -0.4 is 5.32 Å². The Morgan fingerprint density at radius 2 is 1.85 bits per heavy atom. The maximum absolute atomic E-state index is 13.4. The van der Waals surface area contributed by atoms with E-state index in [0.29, 0.717) is 28.3 Å². The zero-order valence-electron chi connectivity index (χ0n) is 21.8. The number of nitrogens with one attached hydrogen (secondary N) is 1. The number of benzene rings is 3. The van der Waals surface area contributed by atoms with Gasteiger partial charge in [0.1, 0.15) is 17.2 Å². The fourth-order valence-electron chi connectivity index (χ4n) is 4.30. The first kappa shape index (κ1) is 28.8. The number of amides is 1. The average molecular weight is 581 g/mol. The Morgan fingerprint density at radius 1 is 1.10 bits per heavy atom. The van der Waals surface area contributed by atoms with Crippen molar-refractivity contribution in [3.63, 3.8) is 0 Å². The van der Waals surface area contributed by atoms with Crippen LogP contribution in [0.15, 0.2) is 72.9 Å². The normalized spacial score (nSPS) is 12.6. The number of aliphatic carboxylic acids is 1. The van der Waals surface area contributed by atoms with Crippen molar-refractivity contribution in [3.8, 4) is 21.7 Å². The largest absolute Gasteiger partial charge is 0.480 e. The molecular formula is C30H29ClN2O4S2. The van der Waals surface area contributed by atoms with Crippen molar-refractivity contribution in [2.24, 2.45) is 0 Å². The smallest absolute Gasteiger partial charge is 0.326 e. The molecule has 1 aromatic heterocycles. The highest BCUT2D eigenvalue weighted by atomic mass is 35.5. The van der Waals surface area contributed by atoms with Crippen LogP contribution in [0, 0.1) is 6.92 Å². The molecule has 0 saturated heterocycles. The lowest BCUT2D eigenvalue weighted by Gasteiger charge is -2.20. The number of carbonyl (C=O) groups is 2. The van der Waals surface area contributed by atoms with Gasteiger partial charge in [-0.1, -0.05) is 54.1 Å². The summed E-state index contributed by atoms with van der Waals surface area (Å²) in [5.74, 6) is -0.846. The summed E-state index contributed by atoms with van der Waals surface area (Å²) >= 11 is 9.11. The van der Waals surface area contributed by atoms with E-state index in [1.807, 2.05) is 73.8 Å². The Hall–Kier alpha value is -3.17. The highest BCUT2D eigenvalue weighted by Gasteiger charge is 2.25. The van der Waals surface area contributed by atoms with Gasteiger partial charge in [-0.25, -0.2) is 9.78 Å². The average Bonchev–Trinajstić information content (AvgIpc) is 3.41. The van der Waals surface area contributed by atoms with E-state index in [1.54, 1.807) is 31.1 Å². The number of methoxy groups -OCH3 is 1. The zero-order chi connectivity index (χ0) is 27.9. The van der Waals surface area contributed by atoms with Gasteiger partial charge in [-0.2, -0.15) is 11.8 Å². The van der Waals surface area contributed by atoms with Gasteiger partial charge >= 0.3 is 5.97 Å². The predicted octanol–water partition coefficient (Wildman–Crippen LogP) is 7.11. The Bertz CT molecular complexity index is 1460. The van der Waals surface area contributed by atoms with E-state index in [1.165, 1.54) is 11.3 Å². The molecule has 0 aliphatic rings. The standard InChI is InChI=1S/C30H29ClN2O4S2/c1-18-6-4-5-7-22(18)24-16-20(10-13-23(24)28(34)33-25(30(35)36)14-15-38-3)27(37-2)26-17-32-29(39-26)19-8-11-21(31)12-9-19/h4-13,16-17,25,27H,14-15H2,1-3H3,(H,33,34)(H,35,36). The lowest BCUT2D eigenvalue weighted by molar-refractivity contribution is -0.139. The number of thiazole rings is 1. The van der Waals surface area contributed by atoms with Crippen LogP contribution in [0.25, 0.3) is 21.7 Å². The summed E-state index contributed by atoms with van der Waals surface area (Å²) in [5.41, 5.74) is 4.83. The number of nitrogens with zero attached hydrogens (tertiary/aromatic N) is 1. The van der Waals surface area contributed by atoms with Crippen LogP contribution in [0.1, 0.15) is 38.9 Å². The lowest BCUT2D eigenvalue weighted by atomic mass is 9.92. The molecule has 4 rings (SSSR count). The van der Waals surface area contributed by atoms with Crippen LogP contribution in [-0.4, -0.2) is 47.1 Å². The van der Waals surface area contributed by atoms with Crippen LogP contribution in [0.2, 0.25) is 5.02 Å². The van der Waals surface area contributed by atoms with Crippen LogP contribution >= 0.6 is 34.7 Å². The molecule has 2 N–H and O–H groups in total. The molecule has 39 heavy (non-hydrogen) atoms. The second-order valence-corrected chi connectivity index (χ2v) is 11.4. The SMILES string of the molecule is COC(c1ccc(C(=O)NC(CCSC)C(=O)O)c(-c2ccccc2C)c1)c1cnc(-c2ccc(Cl)cc2)s1. The van der Waals surface area contributed by atoms with Gasteiger partial charge in [0.15, 0.2) is 0 Å². The Morgan fingerprint density at radius 3 is 2.51 bits per heavy atom. The molecule has 0 bridgehead atoms. The molecule has 0 aliphatic carbocycles. The van der Waals surface area contributed by atoms with E-state index in [0.717, 1.165) is 32.1 Å². The zero-order valence-corrected chi connectivity index (χ0v) is 24.2. The van der Waals surface area contributed by atoms with Crippen molar-refractivity contribution >= 4 is 46.6 Å². The van der Waals surface area contributed by atoms with Gasteiger partial charge < -0.3 is 15.2 Å². The molecule has 9 heteroatoms. The van der Waals surface area contributed by atoms with Crippen molar-refractivity contribution in [1.29, 1.82) is 0 Å². The molecule has 0 aliphatic heterocycles. The first-order valence-corrected chi connectivity index (χ1v) is 14.9. The van der Waals surface area contributed by atoms with Gasteiger partial charge in [-0.15, -0.1) is 11.3 Å². The first-order valence-electron chi connectivity index (χ1n) is 12.3. The fraction of sp³-hybridized carbons (Fsp3) is 0.233. The summed E-state index contributed by atoms with van der Waals surface area (Å²) < 4.78 is 5.92. The molecule has 202 valence electrons. The lowest BCUT2D eigenvalue weighted by Crippen LogP contribution is -2.41. The number of thioether (sulfide) groups is 1. The number of carboxylic acids is 1. The fourth-order valence-corrected chi connectivity index (χ4v) is 5.92. The number of halogens is 1. The monoisotopic (exact) mass is 580 g/mol. The summed E-state index contributed by atoms with van der Waals surface area (Å²) in [5, 5.41) is 13.9. The molecule has 4 aromatic rings. The van der Waals surface area contributed by atoms with Crippen LogP contribution in [0.5, 0.6) is 0 Å². The van der Waals surface area contributed by atoms with Crippen molar-refractivity contribution in [2.45, 2.75) is 25.5 Å². The van der Waals surface area contributed by atoms with Gasteiger partial charge in [0.2, 0.25) is 0 Å². The quantitative estimate of drug-likeness (QED) is 0.196. The summed E-state index contributed by atoms with van der Waals surface area (Å²) in [6.07, 6.45) is 3.65. The molecule has 6 nitrogen and oxygen atoms in total. The highest BCUT2D eigenvalue weighted by Crippen LogP contribution is 2.37. The third-order valence-electron chi connectivity index (χ3n) is 6.35. The number of aromatic nitrogens is 1. The molecule has 0 saturated carbocycles. The molecule has 1 amide bonds. The van der Waals surface area contributed by atoms with E-state index in [2.05, 4.69) is 10.3 Å². The maximum atomic E-state index is 13.4. The number of carboxylic acid groups (broad SMARTS) is 1. The second-order valence-electron chi connectivity index (χ2n) is 8.96. The minimum absolute atomic E-state index is 0.340. The number of ether oxygens (including phenoxy) is 1. The number of carbonyl (C=O) groups excluding carboxylic acids is 1.